The number of carbonyl (C=O) groups excluding carboxylic acids is 3. The summed E-state index contributed by atoms with van der Waals surface area (Å²) in [6, 6.07) is 9.74. The largest absolute Gasteiger partial charge is 0.350 e. The van der Waals surface area contributed by atoms with Crippen LogP contribution in [0.1, 0.15) is 29.8 Å². The summed E-state index contributed by atoms with van der Waals surface area (Å²) in [5.74, 6) is -0.877. The van der Waals surface area contributed by atoms with Crippen LogP contribution >= 0.6 is 0 Å². The molecule has 8 heteroatoms. The van der Waals surface area contributed by atoms with E-state index in [0.29, 0.717) is 17.8 Å². The zero-order chi connectivity index (χ0) is 20.5. The minimum atomic E-state index is -0.636. The molecule has 8 nitrogen and oxygen atoms in total. The first-order chi connectivity index (χ1) is 13.4. The standard InChI is InChI=1S/C20H25N5O3/c1-13(2)18(21)20(28)24-12-17(26)23-11-14-3-5-16(6-4-14)25-19(27)15-7-9-22-10-8-15/h3-10,13,18H,11-12,21H2,1-2H3,(H,23,26)(H,24,28)(H,25,27)/t18-/m0/s1. The molecule has 0 unspecified atom stereocenters. The van der Waals surface area contributed by atoms with E-state index in [4.69, 9.17) is 5.73 Å². The Labute approximate surface area is 163 Å². The van der Waals surface area contributed by atoms with Gasteiger partial charge in [0.1, 0.15) is 0 Å². The molecule has 0 aliphatic carbocycles. The zero-order valence-corrected chi connectivity index (χ0v) is 15.9. The van der Waals surface area contributed by atoms with Crippen molar-refractivity contribution in [2.75, 3.05) is 11.9 Å². The molecule has 0 aliphatic heterocycles. The number of nitrogens with two attached hydrogens (primary N) is 1. The Bertz CT molecular complexity index is 806. The summed E-state index contributed by atoms with van der Waals surface area (Å²) in [5, 5.41) is 8.03. The summed E-state index contributed by atoms with van der Waals surface area (Å²) < 4.78 is 0. The minimum absolute atomic E-state index is 0.000578. The monoisotopic (exact) mass is 383 g/mol. The summed E-state index contributed by atoms with van der Waals surface area (Å²) in [5.41, 5.74) is 7.75. The van der Waals surface area contributed by atoms with Crippen LogP contribution in [0, 0.1) is 5.92 Å². The number of nitrogens with one attached hydrogen (secondary N) is 3. The summed E-state index contributed by atoms with van der Waals surface area (Å²) >= 11 is 0. The van der Waals surface area contributed by atoms with Gasteiger partial charge in [-0.25, -0.2) is 0 Å². The van der Waals surface area contributed by atoms with E-state index in [9.17, 15) is 14.4 Å². The van der Waals surface area contributed by atoms with Gasteiger partial charge in [0.25, 0.3) is 5.91 Å². The summed E-state index contributed by atoms with van der Waals surface area (Å²) in [6.07, 6.45) is 3.11. The predicted molar refractivity (Wildman–Crippen MR) is 106 cm³/mol. The third-order valence-corrected chi connectivity index (χ3v) is 4.09. The number of rotatable bonds is 8. The smallest absolute Gasteiger partial charge is 0.255 e. The van der Waals surface area contributed by atoms with Gasteiger partial charge in [0, 0.05) is 30.2 Å². The number of carbonyl (C=O) groups is 3. The molecule has 2 rings (SSSR count). The van der Waals surface area contributed by atoms with Crippen LogP contribution < -0.4 is 21.7 Å². The predicted octanol–water partition coefficient (Wildman–Crippen LogP) is 1.05. The maximum Gasteiger partial charge on any atom is 0.255 e. The number of benzene rings is 1. The SMILES string of the molecule is CC(C)[C@H](N)C(=O)NCC(=O)NCc1ccc(NC(=O)c2ccncc2)cc1. The Balaban J connectivity index is 1.77. The van der Waals surface area contributed by atoms with Gasteiger partial charge >= 0.3 is 0 Å². The van der Waals surface area contributed by atoms with Crippen molar-refractivity contribution in [3.05, 3.63) is 59.9 Å². The molecule has 1 aromatic heterocycles. The molecule has 1 atom stereocenters. The van der Waals surface area contributed by atoms with Crippen molar-refractivity contribution < 1.29 is 14.4 Å². The van der Waals surface area contributed by atoms with Gasteiger partial charge in [-0.2, -0.15) is 0 Å². The van der Waals surface area contributed by atoms with E-state index >= 15 is 0 Å². The van der Waals surface area contributed by atoms with E-state index in [2.05, 4.69) is 20.9 Å². The normalized spacial score (nSPS) is 11.6. The summed E-state index contributed by atoms with van der Waals surface area (Å²) in [7, 11) is 0. The third-order valence-electron chi connectivity index (χ3n) is 4.09. The van der Waals surface area contributed by atoms with Crippen LogP contribution in [0.2, 0.25) is 0 Å². The van der Waals surface area contributed by atoms with Gasteiger partial charge in [-0.05, 0) is 35.7 Å². The molecule has 1 aromatic carbocycles. The first-order valence-corrected chi connectivity index (χ1v) is 8.97. The van der Waals surface area contributed by atoms with E-state index in [1.165, 1.54) is 0 Å². The lowest BCUT2D eigenvalue weighted by Crippen LogP contribution is -2.47. The second kappa shape index (κ2) is 10.2. The molecule has 0 spiro atoms. The van der Waals surface area contributed by atoms with E-state index in [0.717, 1.165) is 5.56 Å². The fourth-order valence-electron chi connectivity index (χ4n) is 2.26. The van der Waals surface area contributed by atoms with Crippen molar-refractivity contribution in [2.24, 2.45) is 11.7 Å². The van der Waals surface area contributed by atoms with Gasteiger partial charge in [-0.15, -0.1) is 0 Å². The Morgan fingerprint density at radius 1 is 1.00 bits per heavy atom. The number of anilines is 1. The third kappa shape index (κ3) is 6.48. The minimum Gasteiger partial charge on any atom is -0.350 e. The van der Waals surface area contributed by atoms with Gasteiger partial charge < -0.3 is 21.7 Å². The van der Waals surface area contributed by atoms with Crippen molar-refractivity contribution in [1.29, 1.82) is 0 Å². The molecule has 1 heterocycles. The molecular weight excluding hydrogens is 358 g/mol. The Morgan fingerprint density at radius 2 is 1.64 bits per heavy atom. The van der Waals surface area contributed by atoms with E-state index in [1.54, 1.807) is 48.8 Å². The fraction of sp³-hybridized carbons (Fsp3) is 0.300. The average Bonchev–Trinajstić information content (AvgIpc) is 2.71. The fourth-order valence-corrected chi connectivity index (χ4v) is 2.26. The summed E-state index contributed by atoms with van der Waals surface area (Å²) in [6.45, 7) is 3.86. The second-order valence-electron chi connectivity index (χ2n) is 6.65. The van der Waals surface area contributed by atoms with Crippen LogP contribution in [0.15, 0.2) is 48.8 Å². The highest BCUT2D eigenvalue weighted by atomic mass is 16.2. The number of amides is 3. The Kier molecular flexibility index (Phi) is 7.65. The molecule has 0 fully saturated rings. The molecule has 5 N–H and O–H groups in total. The molecule has 0 bridgehead atoms. The highest BCUT2D eigenvalue weighted by Gasteiger charge is 2.17. The van der Waals surface area contributed by atoms with Gasteiger partial charge in [-0.1, -0.05) is 26.0 Å². The summed E-state index contributed by atoms with van der Waals surface area (Å²) in [4.78, 5) is 39.6. The van der Waals surface area contributed by atoms with Gasteiger partial charge in [0.2, 0.25) is 11.8 Å². The first kappa shape index (κ1) is 21.0. The maximum atomic E-state index is 12.1. The molecule has 148 valence electrons. The van der Waals surface area contributed by atoms with Crippen molar-refractivity contribution in [1.82, 2.24) is 15.6 Å². The molecule has 0 saturated carbocycles. The van der Waals surface area contributed by atoms with Gasteiger partial charge in [0.05, 0.1) is 12.6 Å². The van der Waals surface area contributed by atoms with E-state index in [1.807, 2.05) is 13.8 Å². The number of hydrogen-bond acceptors (Lipinski definition) is 5. The van der Waals surface area contributed by atoms with Crippen LogP contribution in [0.3, 0.4) is 0 Å². The lowest BCUT2D eigenvalue weighted by molar-refractivity contribution is -0.127. The van der Waals surface area contributed by atoms with Crippen molar-refractivity contribution in [3.63, 3.8) is 0 Å². The molecular formula is C20H25N5O3. The highest BCUT2D eigenvalue weighted by Crippen LogP contribution is 2.11. The quantitative estimate of drug-likeness (QED) is 0.542. The highest BCUT2D eigenvalue weighted by molar-refractivity contribution is 6.04. The second-order valence-corrected chi connectivity index (χ2v) is 6.65. The van der Waals surface area contributed by atoms with Crippen LogP contribution in [0.4, 0.5) is 5.69 Å². The molecule has 0 saturated heterocycles. The number of nitrogens with zero attached hydrogens (tertiary/aromatic N) is 1. The first-order valence-electron chi connectivity index (χ1n) is 8.97. The molecule has 2 aromatic rings. The number of pyridine rings is 1. The topological polar surface area (TPSA) is 126 Å². The van der Waals surface area contributed by atoms with Crippen LogP contribution in [-0.2, 0) is 16.1 Å². The van der Waals surface area contributed by atoms with Crippen molar-refractivity contribution in [2.45, 2.75) is 26.4 Å². The van der Waals surface area contributed by atoms with Gasteiger partial charge in [0.15, 0.2) is 0 Å². The zero-order valence-electron chi connectivity index (χ0n) is 15.9. The van der Waals surface area contributed by atoms with E-state index in [-0.39, 0.29) is 30.2 Å². The van der Waals surface area contributed by atoms with Crippen LogP contribution in [0.5, 0.6) is 0 Å². The molecule has 0 aliphatic rings. The molecule has 0 radical (unpaired) electrons. The lowest BCUT2D eigenvalue weighted by atomic mass is 10.1. The van der Waals surface area contributed by atoms with Crippen LogP contribution in [-0.4, -0.2) is 35.3 Å². The number of hydrogen-bond donors (Lipinski definition) is 4. The maximum absolute atomic E-state index is 12.1. The van der Waals surface area contributed by atoms with E-state index < -0.39 is 6.04 Å². The lowest BCUT2D eigenvalue weighted by Gasteiger charge is -2.15. The average molecular weight is 383 g/mol. The molecule has 28 heavy (non-hydrogen) atoms. The molecule has 3 amide bonds. The Morgan fingerprint density at radius 3 is 2.25 bits per heavy atom. The van der Waals surface area contributed by atoms with Crippen molar-refractivity contribution >= 4 is 23.4 Å². The van der Waals surface area contributed by atoms with Crippen molar-refractivity contribution in [3.8, 4) is 0 Å². The Hall–Kier alpha value is -3.26. The number of aromatic nitrogens is 1. The van der Waals surface area contributed by atoms with Gasteiger partial charge in [-0.3, -0.25) is 19.4 Å². The van der Waals surface area contributed by atoms with Crippen LogP contribution in [0.25, 0.3) is 0 Å².